The number of nitrogens with one attached hydrogen (secondary N) is 1. The van der Waals surface area contributed by atoms with Crippen LogP contribution in [0.5, 0.6) is 0 Å². The van der Waals surface area contributed by atoms with Crippen LogP contribution in [0.1, 0.15) is 17.9 Å². The number of furan rings is 1. The van der Waals surface area contributed by atoms with Gasteiger partial charge in [0.15, 0.2) is 0 Å². The lowest BCUT2D eigenvalue weighted by Gasteiger charge is -1.94. The third-order valence-corrected chi connectivity index (χ3v) is 2.02. The van der Waals surface area contributed by atoms with Gasteiger partial charge in [-0.3, -0.25) is 4.98 Å². The van der Waals surface area contributed by atoms with Crippen LogP contribution < -0.4 is 5.76 Å². The Kier molecular flexibility index (Phi) is 2.53. The fourth-order valence-electron chi connectivity index (χ4n) is 1.34. The molecule has 0 fully saturated rings. The van der Waals surface area contributed by atoms with E-state index >= 15 is 0 Å². The van der Waals surface area contributed by atoms with Gasteiger partial charge in [0.2, 0.25) is 0 Å². The van der Waals surface area contributed by atoms with E-state index in [1.54, 1.807) is 6.26 Å². The van der Waals surface area contributed by atoms with Gasteiger partial charge < -0.3 is 8.83 Å². The van der Waals surface area contributed by atoms with Crippen molar-refractivity contribution in [3.05, 3.63) is 46.7 Å². The molecule has 0 aliphatic carbocycles. The molecule has 0 bridgehead atoms. The van der Waals surface area contributed by atoms with E-state index in [1.807, 2.05) is 12.1 Å². The highest BCUT2D eigenvalue weighted by molar-refractivity contribution is 4.99. The SMILES string of the molecule is O=c1[nH]c(CCCc2ccco2)co1. The van der Waals surface area contributed by atoms with Gasteiger partial charge in [0.05, 0.1) is 12.0 Å². The van der Waals surface area contributed by atoms with Gasteiger partial charge in [-0.2, -0.15) is 0 Å². The highest BCUT2D eigenvalue weighted by Crippen LogP contribution is 2.06. The molecular weight excluding hydrogens is 182 g/mol. The van der Waals surface area contributed by atoms with Crippen molar-refractivity contribution in [3.8, 4) is 0 Å². The van der Waals surface area contributed by atoms with Crippen LogP contribution in [0.3, 0.4) is 0 Å². The van der Waals surface area contributed by atoms with Gasteiger partial charge in [-0.25, -0.2) is 4.79 Å². The molecule has 0 atom stereocenters. The Morgan fingerprint density at radius 3 is 2.86 bits per heavy atom. The van der Waals surface area contributed by atoms with Gasteiger partial charge >= 0.3 is 5.76 Å². The van der Waals surface area contributed by atoms with Gasteiger partial charge in [0.25, 0.3) is 0 Å². The number of hydrogen-bond acceptors (Lipinski definition) is 3. The molecule has 0 spiro atoms. The maximum absolute atomic E-state index is 10.6. The fraction of sp³-hybridized carbons (Fsp3) is 0.300. The molecule has 0 amide bonds. The lowest BCUT2D eigenvalue weighted by molar-refractivity contribution is 0.500. The summed E-state index contributed by atoms with van der Waals surface area (Å²) in [5, 5.41) is 0. The predicted molar refractivity (Wildman–Crippen MR) is 50.1 cm³/mol. The first-order chi connectivity index (χ1) is 6.84. The Morgan fingerprint density at radius 1 is 1.29 bits per heavy atom. The highest BCUT2D eigenvalue weighted by atomic mass is 16.4. The van der Waals surface area contributed by atoms with Crippen molar-refractivity contribution >= 4 is 0 Å². The first-order valence-electron chi connectivity index (χ1n) is 4.53. The zero-order valence-electron chi connectivity index (χ0n) is 7.66. The summed E-state index contributed by atoms with van der Waals surface area (Å²) in [5.41, 5.74) is 0.835. The van der Waals surface area contributed by atoms with E-state index in [0.29, 0.717) is 0 Å². The second-order valence-corrected chi connectivity index (χ2v) is 3.11. The third-order valence-electron chi connectivity index (χ3n) is 2.02. The van der Waals surface area contributed by atoms with E-state index in [9.17, 15) is 4.79 Å². The van der Waals surface area contributed by atoms with Crippen LogP contribution in [0.15, 0.2) is 38.3 Å². The van der Waals surface area contributed by atoms with E-state index in [4.69, 9.17) is 4.42 Å². The second-order valence-electron chi connectivity index (χ2n) is 3.11. The number of oxazole rings is 1. The zero-order chi connectivity index (χ0) is 9.80. The average Bonchev–Trinajstić information content (AvgIpc) is 2.77. The Labute approximate surface area is 80.6 Å². The highest BCUT2D eigenvalue weighted by Gasteiger charge is 1.99. The van der Waals surface area contributed by atoms with Crippen molar-refractivity contribution < 1.29 is 8.83 Å². The van der Waals surface area contributed by atoms with Gasteiger partial charge in [0, 0.05) is 6.42 Å². The van der Waals surface area contributed by atoms with Gasteiger partial charge in [-0.15, -0.1) is 0 Å². The van der Waals surface area contributed by atoms with E-state index in [0.717, 1.165) is 30.7 Å². The maximum atomic E-state index is 10.6. The van der Waals surface area contributed by atoms with Crippen molar-refractivity contribution in [2.24, 2.45) is 0 Å². The minimum absolute atomic E-state index is 0.391. The van der Waals surface area contributed by atoms with Crippen molar-refractivity contribution in [3.63, 3.8) is 0 Å². The topological polar surface area (TPSA) is 59.1 Å². The molecule has 2 aromatic heterocycles. The Morgan fingerprint density at radius 2 is 2.21 bits per heavy atom. The van der Waals surface area contributed by atoms with E-state index in [1.165, 1.54) is 6.26 Å². The molecule has 2 aromatic rings. The number of aryl methyl sites for hydroxylation is 2. The van der Waals surface area contributed by atoms with Crippen molar-refractivity contribution in [1.29, 1.82) is 0 Å². The average molecular weight is 193 g/mol. The molecule has 0 radical (unpaired) electrons. The molecule has 2 rings (SSSR count). The summed E-state index contributed by atoms with van der Waals surface area (Å²) < 4.78 is 9.80. The Balaban J connectivity index is 1.81. The fourth-order valence-corrected chi connectivity index (χ4v) is 1.34. The molecule has 0 aliphatic rings. The molecule has 0 saturated heterocycles. The van der Waals surface area contributed by atoms with Crippen LogP contribution in [0.4, 0.5) is 0 Å². The number of rotatable bonds is 4. The molecule has 74 valence electrons. The summed E-state index contributed by atoms with van der Waals surface area (Å²) in [4.78, 5) is 13.2. The van der Waals surface area contributed by atoms with Crippen molar-refractivity contribution in [1.82, 2.24) is 4.98 Å². The number of hydrogen-bond donors (Lipinski definition) is 1. The lowest BCUT2D eigenvalue weighted by Crippen LogP contribution is -1.97. The molecule has 4 nitrogen and oxygen atoms in total. The normalized spacial score (nSPS) is 10.6. The van der Waals surface area contributed by atoms with E-state index < -0.39 is 5.76 Å². The van der Waals surface area contributed by atoms with Crippen LogP contribution in [0, 0.1) is 0 Å². The molecule has 4 heteroatoms. The summed E-state index contributed by atoms with van der Waals surface area (Å²) >= 11 is 0. The minimum Gasteiger partial charge on any atom is -0.469 e. The molecule has 0 aliphatic heterocycles. The Bertz CT molecular complexity index is 424. The molecule has 2 heterocycles. The smallest absolute Gasteiger partial charge is 0.416 e. The number of aromatic nitrogens is 1. The largest absolute Gasteiger partial charge is 0.469 e. The van der Waals surface area contributed by atoms with Gasteiger partial charge in [-0.05, 0) is 25.0 Å². The van der Waals surface area contributed by atoms with Crippen LogP contribution in [0.2, 0.25) is 0 Å². The molecular formula is C10H11NO3. The van der Waals surface area contributed by atoms with Gasteiger partial charge in [0.1, 0.15) is 12.0 Å². The summed E-state index contributed by atoms with van der Waals surface area (Å²) in [6.07, 6.45) is 5.73. The maximum Gasteiger partial charge on any atom is 0.416 e. The lowest BCUT2D eigenvalue weighted by atomic mass is 10.2. The minimum atomic E-state index is -0.391. The first-order valence-corrected chi connectivity index (χ1v) is 4.53. The zero-order valence-corrected chi connectivity index (χ0v) is 7.66. The van der Waals surface area contributed by atoms with Crippen molar-refractivity contribution in [2.45, 2.75) is 19.3 Å². The van der Waals surface area contributed by atoms with Gasteiger partial charge in [-0.1, -0.05) is 0 Å². The third kappa shape index (κ3) is 2.16. The monoisotopic (exact) mass is 193 g/mol. The van der Waals surface area contributed by atoms with E-state index in [-0.39, 0.29) is 0 Å². The molecule has 0 unspecified atom stereocenters. The van der Waals surface area contributed by atoms with Crippen molar-refractivity contribution in [2.75, 3.05) is 0 Å². The van der Waals surface area contributed by atoms with Crippen LogP contribution in [-0.4, -0.2) is 4.98 Å². The van der Waals surface area contributed by atoms with E-state index in [2.05, 4.69) is 9.40 Å². The standard InChI is InChI=1S/C10H11NO3/c12-10-11-8(7-14-10)3-1-4-9-5-2-6-13-9/h2,5-7H,1,3-4H2,(H,11,12). The molecule has 1 N–H and O–H groups in total. The summed E-state index contributed by atoms with van der Waals surface area (Å²) in [6.45, 7) is 0. The quantitative estimate of drug-likeness (QED) is 0.804. The second kappa shape index (κ2) is 4.00. The molecule has 14 heavy (non-hydrogen) atoms. The summed E-state index contributed by atoms with van der Waals surface area (Å²) in [7, 11) is 0. The molecule has 0 aromatic carbocycles. The summed E-state index contributed by atoms with van der Waals surface area (Å²) in [5.74, 6) is 0.578. The van der Waals surface area contributed by atoms with Crippen LogP contribution >= 0.6 is 0 Å². The van der Waals surface area contributed by atoms with Crippen LogP contribution in [0.25, 0.3) is 0 Å². The summed E-state index contributed by atoms with van der Waals surface area (Å²) in [6, 6.07) is 3.81. The predicted octanol–water partition coefficient (Wildman–Crippen LogP) is 1.74. The van der Waals surface area contributed by atoms with Crippen LogP contribution in [-0.2, 0) is 12.8 Å². The Hall–Kier alpha value is -1.71. The first kappa shape index (κ1) is 8.87. The number of aromatic amines is 1. The number of H-pyrrole nitrogens is 1. The molecule has 0 saturated carbocycles.